The lowest BCUT2D eigenvalue weighted by Crippen LogP contribution is -2.36. The van der Waals surface area contributed by atoms with Crippen LogP contribution in [0.4, 0.5) is 5.69 Å². The molecule has 3 N–H and O–H groups in total. The fourth-order valence-electron chi connectivity index (χ4n) is 3.08. The van der Waals surface area contributed by atoms with E-state index in [2.05, 4.69) is 5.10 Å². The van der Waals surface area contributed by atoms with Crippen LogP contribution in [0.2, 0.25) is 0 Å². The van der Waals surface area contributed by atoms with Crippen LogP contribution >= 0.6 is 0 Å². The van der Waals surface area contributed by atoms with E-state index in [9.17, 15) is 9.90 Å². The number of phenolic OH excluding ortho intramolecular Hbond substituents is 1. The van der Waals surface area contributed by atoms with Gasteiger partial charge in [-0.1, -0.05) is 19.1 Å². The lowest BCUT2D eigenvalue weighted by Gasteiger charge is -2.29. The van der Waals surface area contributed by atoms with Crippen molar-refractivity contribution < 1.29 is 14.6 Å². The predicted octanol–water partition coefficient (Wildman–Crippen LogP) is 3.15. The number of carbonyl (C=O) groups excluding carboxylic acids is 1. The molecular weight excluding hydrogens is 330 g/mol. The highest BCUT2D eigenvalue weighted by molar-refractivity contribution is 6.06. The Hall–Kier alpha value is -3.02. The second-order valence-corrected chi connectivity index (χ2v) is 6.37. The van der Waals surface area contributed by atoms with Crippen molar-refractivity contribution in [3.05, 3.63) is 53.6 Å². The van der Waals surface area contributed by atoms with E-state index >= 15 is 0 Å². The molecule has 0 saturated heterocycles. The Bertz CT molecular complexity index is 831. The van der Waals surface area contributed by atoms with E-state index in [4.69, 9.17) is 10.5 Å². The molecule has 0 aliphatic carbocycles. The molecule has 6 heteroatoms. The van der Waals surface area contributed by atoms with Gasteiger partial charge in [-0.2, -0.15) is 5.10 Å². The molecule has 6 nitrogen and oxygen atoms in total. The number of rotatable bonds is 5. The summed E-state index contributed by atoms with van der Waals surface area (Å²) in [5, 5.41) is 16.2. The Labute approximate surface area is 152 Å². The first-order chi connectivity index (χ1) is 12.5. The summed E-state index contributed by atoms with van der Waals surface area (Å²) in [6, 6.07) is 12.6. The minimum absolute atomic E-state index is 0.00448. The zero-order valence-electron chi connectivity index (χ0n) is 15.0. The van der Waals surface area contributed by atoms with Gasteiger partial charge in [-0.25, -0.2) is 5.01 Å². The van der Waals surface area contributed by atoms with Crippen LogP contribution in [0.3, 0.4) is 0 Å². The maximum Gasteiger partial charge on any atom is 0.243 e. The zero-order valence-corrected chi connectivity index (χ0v) is 15.0. The lowest BCUT2D eigenvalue weighted by molar-refractivity contribution is -0.133. The molecule has 2 aromatic carbocycles. The van der Waals surface area contributed by atoms with E-state index < -0.39 is 0 Å². The molecule has 1 atom stereocenters. The summed E-state index contributed by atoms with van der Waals surface area (Å²) in [5.74, 6) is 0.491. The van der Waals surface area contributed by atoms with Gasteiger partial charge in [0, 0.05) is 23.6 Å². The van der Waals surface area contributed by atoms with Crippen molar-refractivity contribution in [3.63, 3.8) is 0 Å². The number of carbonyl (C=O) groups is 1. The Morgan fingerprint density at radius 1 is 1.27 bits per heavy atom. The van der Waals surface area contributed by atoms with Crippen molar-refractivity contribution in [2.45, 2.75) is 26.3 Å². The Morgan fingerprint density at radius 3 is 2.62 bits per heavy atom. The number of benzene rings is 2. The number of nitrogens with zero attached hydrogens (tertiary/aromatic N) is 2. The van der Waals surface area contributed by atoms with Crippen LogP contribution in [0.1, 0.15) is 30.9 Å². The number of phenols is 1. The highest BCUT2D eigenvalue weighted by atomic mass is 16.5. The van der Waals surface area contributed by atoms with Crippen molar-refractivity contribution >= 4 is 17.3 Å². The number of hydrazone groups is 1. The Morgan fingerprint density at radius 2 is 2.00 bits per heavy atom. The van der Waals surface area contributed by atoms with Gasteiger partial charge in [-0.3, -0.25) is 4.79 Å². The van der Waals surface area contributed by atoms with E-state index in [1.54, 1.807) is 12.1 Å². The molecule has 0 aromatic heterocycles. The summed E-state index contributed by atoms with van der Waals surface area (Å²) < 4.78 is 5.10. The third-order valence-electron chi connectivity index (χ3n) is 4.60. The fraction of sp³-hybridized carbons (Fsp3) is 0.300. The van der Waals surface area contributed by atoms with E-state index in [0.29, 0.717) is 24.4 Å². The monoisotopic (exact) mass is 353 g/mol. The normalized spacial score (nSPS) is 17.2. The van der Waals surface area contributed by atoms with E-state index in [1.807, 2.05) is 37.3 Å². The van der Waals surface area contributed by atoms with Crippen LogP contribution in [0, 0.1) is 5.92 Å². The molecule has 0 saturated carbocycles. The maximum absolute atomic E-state index is 12.5. The number of nitrogen functional groups attached to an aromatic ring is 1. The van der Waals surface area contributed by atoms with Crippen LogP contribution in [-0.2, 0) is 11.3 Å². The quantitative estimate of drug-likeness (QED) is 0.808. The van der Waals surface area contributed by atoms with E-state index in [1.165, 1.54) is 12.1 Å². The maximum atomic E-state index is 12.5. The van der Waals surface area contributed by atoms with Gasteiger partial charge in [0.25, 0.3) is 0 Å². The molecule has 1 heterocycles. The largest absolute Gasteiger partial charge is 0.504 e. The molecule has 0 fully saturated rings. The van der Waals surface area contributed by atoms with Gasteiger partial charge in [-0.05, 0) is 42.3 Å². The van der Waals surface area contributed by atoms with Crippen molar-refractivity contribution in [2.75, 3.05) is 12.8 Å². The molecule has 0 radical (unpaired) electrons. The fourth-order valence-corrected chi connectivity index (χ4v) is 3.08. The summed E-state index contributed by atoms with van der Waals surface area (Å²) in [5.41, 5.74) is 8.96. The van der Waals surface area contributed by atoms with Gasteiger partial charge in [0.2, 0.25) is 5.91 Å². The summed E-state index contributed by atoms with van der Waals surface area (Å²) >= 11 is 0. The second-order valence-electron chi connectivity index (χ2n) is 6.37. The predicted molar refractivity (Wildman–Crippen MR) is 101 cm³/mol. The minimum Gasteiger partial charge on any atom is -0.504 e. The van der Waals surface area contributed by atoms with Crippen LogP contribution in [0.5, 0.6) is 11.5 Å². The number of ether oxygens (including phenoxy) is 1. The smallest absolute Gasteiger partial charge is 0.243 e. The van der Waals surface area contributed by atoms with E-state index in [0.717, 1.165) is 23.3 Å². The van der Waals surface area contributed by atoms with Crippen LogP contribution in [-0.4, -0.2) is 28.8 Å². The highest BCUT2D eigenvalue weighted by Gasteiger charge is 2.29. The number of amides is 1. The second kappa shape index (κ2) is 7.47. The molecule has 0 spiro atoms. The Kier molecular flexibility index (Phi) is 5.11. The number of aromatic hydroxyl groups is 1. The molecule has 2 aromatic rings. The summed E-state index contributed by atoms with van der Waals surface area (Å²) in [6.45, 7) is 2.42. The first kappa shape index (κ1) is 17.8. The molecule has 1 unspecified atom stereocenters. The number of nitrogens with two attached hydrogens (primary N) is 1. The van der Waals surface area contributed by atoms with Crippen LogP contribution in [0.15, 0.2) is 47.6 Å². The Balaban J connectivity index is 1.93. The van der Waals surface area contributed by atoms with Gasteiger partial charge in [0.15, 0.2) is 11.5 Å². The highest BCUT2D eigenvalue weighted by Crippen LogP contribution is 2.31. The molecule has 3 rings (SSSR count). The zero-order chi connectivity index (χ0) is 18.7. The minimum atomic E-state index is -0.00448. The van der Waals surface area contributed by atoms with E-state index in [-0.39, 0.29) is 17.6 Å². The third kappa shape index (κ3) is 3.64. The van der Waals surface area contributed by atoms with Crippen molar-refractivity contribution in [2.24, 2.45) is 11.0 Å². The van der Waals surface area contributed by atoms with Gasteiger partial charge in [-0.15, -0.1) is 0 Å². The molecule has 1 aliphatic rings. The molecule has 1 aliphatic heterocycles. The van der Waals surface area contributed by atoms with Crippen LogP contribution in [0.25, 0.3) is 0 Å². The lowest BCUT2D eigenvalue weighted by atomic mass is 9.89. The number of hydrogen-bond donors (Lipinski definition) is 2. The SMILES string of the molecule is CCC1CC(=O)N(Cc2ccc(N)cc2)N=C1c1ccc(OC)c(O)c1. The summed E-state index contributed by atoms with van der Waals surface area (Å²) in [6.07, 6.45) is 1.20. The topological polar surface area (TPSA) is 88.2 Å². The third-order valence-corrected chi connectivity index (χ3v) is 4.60. The average molecular weight is 353 g/mol. The molecule has 1 amide bonds. The first-order valence-corrected chi connectivity index (χ1v) is 8.62. The van der Waals surface area contributed by atoms with Crippen molar-refractivity contribution in [1.29, 1.82) is 0 Å². The van der Waals surface area contributed by atoms with Gasteiger partial charge in [0.05, 0.1) is 19.4 Å². The van der Waals surface area contributed by atoms with Crippen molar-refractivity contribution in [3.8, 4) is 11.5 Å². The molecule has 0 bridgehead atoms. The van der Waals surface area contributed by atoms with Crippen molar-refractivity contribution in [1.82, 2.24) is 5.01 Å². The van der Waals surface area contributed by atoms with Crippen LogP contribution < -0.4 is 10.5 Å². The standard InChI is InChI=1S/C20H23N3O3/c1-3-14-11-19(25)23(12-13-4-7-16(21)8-5-13)22-20(14)15-6-9-18(26-2)17(24)10-15/h4-10,14,24H,3,11-12,21H2,1-2H3. The number of methoxy groups -OCH3 is 1. The van der Waals surface area contributed by atoms with Gasteiger partial charge >= 0.3 is 0 Å². The summed E-state index contributed by atoms with van der Waals surface area (Å²) in [4.78, 5) is 12.5. The summed E-state index contributed by atoms with van der Waals surface area (Å²) in [7, 11) is 1.51. The van der Waals surface area contributed by atoms with Gasteiger partial charge in [0.1, 0.15) is 0 Å². The van der Waals surface area contributed by atoms with Gasteiger partial charge < -0.3 is 15.6 Å². The molecule has 26 heavy (non-hydrogen) atoms. The average Bonchev–Trinajstić information content (AvgIpc) is 2.64. The molecular formula is C20H23N3O3. The number of anilines is 1. The number of hydrogen-bond acceptors (Lipinski definition) is 5. The first-order valence-electron chi connectivity index (χ1n) is 8.62. The molecule has 136 valence electrons.